The number of aromatic amines is 1. The van der Waals surface area contributed by atoms with Crippen LogP contribution in [0, 0.1) is 11.3 Å². The second kappa shape index (κ2) is 15.6. The number of aryl methyl sites for hydroxylation is 1. The number of aromatic nitrogens is 4. The Balaban J connectivity index is 1.13. The van der Waals surface area contributed by atoms with Crippen LogP contribution in [0.4, 0.5) is 0 Å². The van der Waals surface area contributed by atoms with E-state index in [1.54, 1.807) is 12.3 Å². The highest BCUT2D eigenvalue weighted by Gasteiger charge is 2.40. The van der Waals surface area contributed by atoms with Crippen LogP contribution < -0.4 is 0 Å². The lowest BCUT2D eigenvalue weighted by Gasteiger charge is -2.40. The van der Waals surface area contributed by atoms with Crippen molar-refractivity contribution in [3.8, 4) is 0 Å². The van der Waals surface area contributed by atoms with Crippen molar-refractivity contribution in [2.75, 3.05) is 45.9 Å². The van der Waals surface area contributed by atoms with Crippen LogP contribution in [0.1, 0.15) is 69.2 Å². The zero-order valence-electron chi connectivity index (χ0n) is 27.0. The minimum Gasteiger partial charge on any atom is -0.463 e. The average Bonchev–Trinajstić information content (AvgIpc) is 3.77. The van der Waals surface area contributed by atoms with Gasteiger partial charge in [0.25, 0.3) is 0 Å². The lowest BCUT2D eigenvalue weighted by molar-refractivity contribution is -0.137. The summed E-state index contributed by atoms with van der Waals surface area (Å²) in [6.07, 6.45) is 16.2. The first-order chi connectivity index (χ1) is 21.4. The molecular weight excluding hydrogens is 550 g/mol. The standard InChI is InChI=1S/C35H51N7O2/c1-4-44-34(43)11-10-30-6-8-31(9-7-30)25-41(26-32-36-15-16-37-32)27-33-38-17-23-42(33)19-5-18-40-22-14-35(28-40)12-20-39(21-13-35)24-29(2)3/h6-11,15-17,23,29H,4-5,12-14,18-22,24-28H2,1-3H3,(H,36,37)/b11-10+. The molecule has 0 aliphatic carbocycles. The van der Waals surface area contributed by atoms with E-state index in [0.717, 1.165) is 55.7 Å². The summed E-state index contributed by atoms with van der Waals surface area (Å²) in [5.41, 5.74) is 2.71. The quantitative estimate of drug-likeness (QED) is 0.189. The molecule has 0 unspecified atom stereocenters. The third-order valence-electron chi connectivity index (χ3n) is 9.11. The van der Waals surface area contributed by atoms with Crippen LogP contribution in [-0.2, 0) is 35.7 Å². The molecule has 1 aromatic carbocycles. The number of likely N-dealkylation sites (tertiary alicyclic amines) is 2. The van der Waals surface area contributed by atoms with Crippen molar-refractivity contribution in [1.82, 2.24) is 34.2 Å². The summed E-state index contributed by atoms with van der Waals surface area (Å²) < 4.78 is 7.31. The minimum absolute atomic E-state index is 0.321. The van der Waals surface area contributed by atoms with E-state index < -0.39 is 0 Å². The van der Waals surface area contributed by atoms with Crippen LogP contribution in [0.25, 0.3) is 6.08 Å². The third kappa shape index (κ3) is 9.36. The average molecular weight is 602 g/mol. The summed E-state index contributed by atoms with van der Waals surface area (Å²) >= 11 is 0. The van der Waals surface area contributed by atoms with Crippen LogP contribution in [0.15, 0.2) is 55.1 Å². The van der Waals surface area contributed by atoms with Crippen molar-refractivity contribution < 1.29 is 9.53 Å². The predicted octanol–water partition coefficient (Wildman–Crippen LogP) is 5.22. The molecule has 2 aromatic heterocycles. The van der Waals surface area contributed by atoms with Gasteiger partial charge in [0.15, 0.2) is 0 Å². The second-order valence-corrected chi connectivity index (χ2v) is 13.1. The Morgan fingerprint density at radius 1 is 1.02 bits per heavy atom. The second-order valence-electron chi connectivity index (χ2n) is 13.1. The van der Waals surface area contributed by atoms with Crippen LogP contribution in [0.5, 0.6) is 0 Å². The van der Waals surface area contributed by atoms with E-state index in [4.69, 9.17) is 9.72 Å². The van der Waals surface area contributed by atoms with Gasteiger partial charge in [0.2, 0.25) is 0 Å². The number of hydrogen-bond acceptors (Lipinski definition) is 7. The Morgan fingerprint density at radius 3 is 2.50 bits per heavy atom. The van der Waals surface area contributed by atoms with Crippen molar-refractivity contribution in [3.63, 3.8) is 0 Å². The third-order valence-corrected chi connectivity index (χ3v) is 9.11. The van der Waals surface area contributed by atoms with Gasteiger partial charge in [-0.25, -0.2) is 14.8 Å². The Bertz CT molecular complexity index is 1310. The number of ether oxygens (including phenoxy) is 1. The van der Waals surface area contributed by atoms with Crippen molar-refractivity contribution in [3.05, 3.63) is 77.9 Å². The highest BCUT2D eigenvalue weighted by molar-refractivity contribution is 5.87. The Kier molecular flexibility index (Phi) is 11.4. The summed E-state index contributed by atoms with van der Waals surface area (Å²) in [6, 6.07) is 8.30. The first kappa shape index (κ1) is 32.1. The van der Waals surface area contributed by atoms with E-state index in [-0.39, 0.29) is 5.97 Å². The zero-order chi connectivity index (χ0) is 30.8. The van der Waals surface area contributed by atoms with Crippen molar-refractivity contribution >= 4 is 12.0 Å². The molecule has 238 valence electrons. The SMILES string of the molecule is CCOC(=O)/C=C/c1ccc(CN(Cc2ncc[nH]2)Cc2nccn2CCCN2CCC3(CCN(CC(C)C)CC3)C2)cc1. The molecule has 2 saturated heterocycles. The molecule has 0 bridgehead atoms. The number of piperidine rings is 1. The number of benzene rings is 1. The molecule has 3 aromatic rings. The molecule has 5 rings (SSSR count). The Labute approximate surface area is 263 Å². The van der Waals surface area contributed by atoms with Gasteiger partial charge >= 0.3 is 5.97 Å². The minimum atomic E-state index is -0.321. The number of carbonyl (C=O) groups is 1. The largest absolute Gasteiger partial charge is 0.463 e. The molecule has 0 saturated carbocycles. The molecular formula is C35H51N7O2. The molecule has 4 heterocycles. The molecule has 2 aliphatic heterocycles. The van der Waals surface area contributed by atoms with Gasteiger partial charge in [-0.15, -0.1) is 0 Å². The normalized spacial score (nSPS) is 17.5. The van der Waals surface area contributed by atoms with Gasteiger partial charge in [0.05, 0.1) is 19.7 Å². The number of nitrogens with zero attached hydrogens (tertiary/aromatic N) is 6. The van der Waals surface area contributed by atoms with Gasteiger partial charge in [-0.2, -0.15) is 0 Å². The van der Waals surface area contributed by atoms with Gasteiger partial charge in [0, 0.05) is 57.0 Å². The molecule has 1 N–H and O–H groups in total. The fourth-order valence-corrected chi connectivity index (χ4v) is 6.82. The number of imidazole rings is 2. The number of hydrogen-bond donors (Lipinski definition) is 1. The number of carbonyl (C=O) groups excluding carboxylic acids is 1. The van der Waals surface area contributed by atoms with E-state index >= 15 is 0 Å². The fourth-order valence-electron chi connectivity index (χ4n) is 6.82. The Hall–Kier alpha value is -3.27. The van der Waals surface area contributed by atoms with E-state index in [0.29, 0.717) is 18.6 Å². The van der Waals surface area contributed by atoms with Crippen LogP contribution in [0.3, 0.4) is 0 Å². The first-order valence-corrected chi connectivity index (χ1v) is 16.5. The summed E-state index contributed by atoms with van der Waals surface area (Å²) in [5, 5.41) is 0. The maximum absolute atomic E-state index is 11.7. The maximum Gasteiger partial charge on any atom is 0.330 e. The van der Waals surface area contributed by atoms with Gasteiger partial charge in [-0.05, 0) is 87.3 Å². The fraction of sp³-hybridized carbons (Fsp3) is 0.571. The van der Waals surface area contributed by atoms with Crippen molar-refractivity contribution in [2.45, 2.75) is 72.6 Å². The highest BCUT2D eigenvalue weighted by atomic mass is 16.5. The van der Waals surface area contributed by atoms with Gasteiger partial charge in [-0.1, -0.05) is 38.1 Å². The highest BCUT2D eigenvalue weighted by Crippen LogP contribution is 2.40. The zero-order valence-corrected chi connectivity index (χ0v) is 27.0. The van der Waals surface area contributed by atoms with Crippen LogP contribution in [0.2, 0.25) is 0 Å². The number of esters is 1. The summed E-state index contributed by atoms with van der Waals surface area (Å²) in [4.78, 5) is 31.9. The predicted molar refractivity (Wildman–Crippen MR) is 174 cm³/mol. The molecule has 0 atom stereocenters. The molecule has 9 heteroatoms. The van der Waals surface area contributed by atoms with E-state index in [9.17, 15) is 4.79 Å². The summed E-state index contributed by atoms with van der Waals surface area (Å²) in [5.74, 6) is 2.46. The molecule has 0 radical (unpaired) electrons. The van der Waals surface area contributed by atoms with E-state index in [1.807, 2.05) is 31.5 Å². The smallest absolute Gasteiger partial charge is 0.330 e. The number of rotatable bonds is 15. The van der Waals surface area contributed by atoms with Crippen LogP contribution >= 0.6 is 0 Å². The van der Waals surface area contributed by atoms with Gasteiger partial charge < -0.3 is 24.1 Å². The lowest BCUT2D eigenvalue weighted by Crippen LogP contribution is -2.42. The number of nitrogens with one attached hydrogen (secondary N) is 1. The topological polar surface area (TPSA) is 82.5 Å². The summed E-state index contributed by atoms with van der Waals surface area (Å²) in [6.45, 7) is 17.5. The van der Waals surface area contributed by atoms with Crippen molar-refractivity contribution in [2.24, 2.45) is 11.3 Å². The molecule has 0 amide bonds. The lowest BCUT2D eigenvalue weighted by atomic mass is 9.77. The monoisotopic (exact) mass is 601 g/mol. The van der Waals surface area contributed by atoms with Gasteiger partial charge in [0.1, 0.15) is 11.6 Å². The van der Waals surface area contributed by atoms with E-state index in [2.05, 4.69) is 61.4 Å². The summed E-state index contributed by atoms with van der Waals surface area (Å²) in [7, 11) is 0. The molecule has 9 nitrogen and oxygen atoms in total. The first-order valence-electron chi connectivity index (χ1n) is 16.5. The van der Waals surface area contributed by atoms with Crippen LogP contribution in [-0.4, -0.2) is 86.1 Å². The molecule has 44 heavy (non-hydrogen) atoms. The maximum atomic E-state index is 11.7. The molecule has 2 fully saturated rings. The van der Waals surface area contributed by atoms with Crippen molar-refractivity contribution in [1.29, 1.82) is 0 Å². The molecule has 2 aliphatic rings. The number of H-pyrrole nitrogens is 1. The van der Waals surface area contributed by atoms with Gasteiger partial charge in [-0.3, -0.25) is 4.90 Å². The Morgan fingerprint density at radius 2 is 1.80 bits per heavy atom. The van der Waals surface area contributed by atoms with E-state index in [1.165, 1.54) is 63.6 Å². The molecule has 1 spiro atoms.